The van der Waals surface area contributed by atoms with Crippen molar-refractivity contribution >= 4 is 11.8 Å². The molecule has 1 unspecified atom stereocenters. The van der Waals surface area contributed by atoms with E-state index in [-0.39, 0.29) is 13.4 Å². The fourth-order valence-corrected chi connectivity index (χ4v) is 1.57. The number of rotatable bonds is 2. The number of nitrogens with zero attached hydrogens (tertiary/aromatic N) is 1. The first-order chi connectivity index (χ1) is 9.39. The van der Waals surface area contributed by atoms with Gasteiger partial charge in [0.1, 0.15) is 6.79 Å². The van der Waals surface area contributed by atoms with Crippen LogP contribution < -0.4 is 5.32 Å². The van der Waals surface area contributed by atoms with Crippen molar-refractivity contribution in [1.82, 2.24) is 10.3 Å². The molecule has 1 atom stereocenters. The largest absolute Gasteiger partial charge is 0.417 e. The third-order valence-corrected chi connectivity index (χ3v) is 2.52. The molecule has 1 aliphatic rings. The molecule has 9 heteroatoms. The molecule has 1 saturated heterocycles. The molecule has 1 fully saturated rings. The number of halogens is 3. The van der Waals surface area contributed by atoms with Crippen molar-refractivity contribution in [3.8, 4) is 0 Å². The molecule has 1 aromatic heterocycles. The summed E-state index contributed by atoms with van der Waals surface area (Å²) in [7, 11) is 0. The quantitative estimate of drug-likeness (QED) is 0.812. The molecule has 0 aromatic carbocycles. The zero-order valence-corrected chi connectivity index (χ0v) is 9.94. The minimum absolute atomic E-state index is 0.0573. The molecule has 1 aliphatic heterocycles. The molecule has 0 aliphatic carbocycles. The van der Waals surface area contributed by atoms with Crippen molar-refractivity contribution in [2.24, 2.45) is 0 Å². The molecule has 2 amide bonds. The van der Waals surface area contributed by atoms with Crippen LogP contribution >= 0.6 is 0 Å². The van der Waals surface area contributed by atoms with Crippen LogP contribution in [0.2, 0.25) is 0 Å². The molecule has 20 heavy (non-hydrogen) atoms. The number of hydrogen-bond donors (Lipinski definition) is 1. The van der Waals surface area contributed by atoms with E-state index in [0.29, 0.717) is 6.07 Å². The molecule has 0 bridgehead atoms. The van der Waals surface area contributed by atoms with Gasteiger partial charge in [-0.1, -0.05) is 0 Å². The Hall–Kier alpha value is -2.00. The van der Waals surface area contributed by atoms with E-state index >= 15 is 0 Å². The van der Waals surface area contributed by atoms with Crippen LogP contribution in [0.4, 0.5) is 13.2 Å². The first-order valence-electron chi connectivity index (χ1n) is 5.45. The molecule has 108 valence electrons. The number of hydrogen-bond acceptors (Lipinski definition) is 5. The van der Waals surface area contributed by atoms with Crippen molar-refractivity contribution in [1.29, 1.82) is 0 Å². The van der Waals surface area contributed by atoms with Crippen LogP contribution in [0.15, 0.2) is 18.5 Å². The van der Waals surface area contributed by atoms with Crippen LogP contribution in [0.25, 0.3) is 0 Å². The fourth-order valence-electron chi connectivity index (χ4n) is 1.57. The number of alkyl halides is 3. The van der Waals surface area contributed by atoms with Gasteiger partial charge < -0.3 is 9.47 Å². The number of nitrogens with one attached hydrogen (secondary N) is 1. The molecule has 2 heterocycles. The molecule has 0 saturated carbocycles. The highest BCUT2D eigenvalue weighted by atomic mass is 19.4. The Kier molecular flexibility index (Phi) is 4.00. The summed E-state index contributed by atoms with van der Waals surface area (Å²) in [4.78, 5) is 26.7. The summed E-state index contributed by atoms with van der Waals surface area (Å²) in [5.74, 6) is -2.05. The van der Waals surface area contributed by atoms with Gasteiger partial charge in [-0.2, -0.15) is 13.2 Å². The normalized spacial score (nSPS) is 18.9. The highest BCUT2D eigenvalue weighted by molar-refractivity contribution is 6.06. The van der Waals surface area contributed by atoms with Crippen LogP contribution in [0, 0.1) is 0 Å². The second kappa shape index (κ2) is 5.55. The summed E-state index contributed by atoms with van der Waals surface area (Å²) >= 11 is 0. The Labute approximate surface area is 110 Å². The van der Waals surface area contributed by atoms with Gasteiger partial charge in [0.25, 0.3) is 11.8 Å². The van der Waals surface area contributed by atoms with Gasteiger partial charge in [0.2, 0.25) is 0 Å². The molecule has 6 nitrogen and oxygen atoms in total. The molecule has 1 aromatic rings. The number of pyridine rings is 1. The van der Waals surface area contributed by atoms with Crippen molar-refractivity contribution < 1.29 is 32.2 Å². The molecule has 0 radical (unpaired) electrons. The summed E-state index contributed by atoms with van der Waals surface area (Å²) in [6, 6.07) is 0.661. The van der Waals surface area contributed by atoms with E-state index in [4.69, 9.17) is 9.47 Å². The highest BCUT2D eigenvalue weighted by Crippen LogP contribution is 2.31. The fraction of sp³-hybridized carbons (Fsp3) is 0.364. The van der Waals surface area contributed by atoms with Crippen LogP contribution in [-0.4, -0.2) is 36.3 Å². The van der Waals surface area contributed by atoms with Crippen LogP contribution in [0.5, 0.6) is 0 Å². The maximum atomic E-state index is 12.7. The van der Waals surface area contributed by atoms with Crippen LogP contribution in [0.3, 0.4) is 0 Å². The van der Waals surface area contributed by atoms with Crippen LogP contribution in [-0.2, 0) is 20.4 Å². The van der Waals surface area contributed by atoms with Gasteiger partial charge in [0, 0.05) is 12.4 Å². The van der Waals surface area contributed by atoms with Crippen LogP contribution in [0.1, 0.15) is 15.9 Å². The summed E-state index contributed by atoms with van der Waals surface area (Å²) in [5.41, 5.74) is -1.89. The predicted molar refractivity (Wildman–Crippen MR) is 57.4 cm³/mol. The van der Waals surface area contributed by atoms with Gasteiger partial charge in [0.15, 0.2) is 6.10 Å². The first-order valence-corrected chi connectivity index (χ1v) is 5.45. The lowest BCUT2D eigenvalue weighted by atomic mass is 10.1. The van der Waals surface area contributed by atoms with E-state index in [9.17, 15) is 22.8 Å². The Morgan fingerprint density at radius 2 is 2.15 bits per heavy atom. The molecule has 1 N–H and O–H groups in total. The number of aromatic nitrogens is 1. The standard InChI is InChI=1S/C11H9F3N2O4/c12-11(13,14)7-1-2-15-3-6(7)9(17)16-10(18)8-4-19-5-20-8/h1-3,8H,4-5H2,(H,16,17,18). The van der Waals surface area contributed by atoms with Gasteiger partial charge in [0.05, 0.1) is 17.7 Å². The third kappa shape index (κ3) is 3.11. The Morgan fingerprint density at radius 3 is 2.75 bits per heavy atom. The summed E-state index contributed by atoms with van der Waals surface area (Å²) in [6.45, 7) is -0.161. The monoisotopic (exact) mass is 290 g/mol. The van der Waals surface area contributed by atoms with Gasteiger partial charge >= 0.3 is 6.18 Å². The average Bonchev–Trinajstić information content (AvgIpc) is 2.91. The van der Waals surface area contributed by atoms with E-state index < -0.39 is 35.2 Å². The average molecular weight is 290 g/mol. The Morgan fingerprint density at radius 1 is 1.40 bits per heavy atom. The lowest BCUT2D eigenvalue weighted by molar-refractivity contribution is -0.138. The Balaban J connectivity index is 2.15. The topological polar surface area (TPSA) is 77.5 Å². The van der Waals surface area contributed by atoms with Crippen molar-refractivity contribution in [3.63, 3.8) is 0 Å². The van der Waals surface area contributed by atoms with Crippen molar-refractivity contribution in [2.45, 2.75) is 12.3 Å². The van der Waals surface area contributed by atoms with E-state index in [1.165, 1.54) is 0 Å². The number of amides is 2. The smallest absolute Gasteiger partial charge is 0.352 e. The maximum Gasteiger partial charge on any atom is 0.417 e. The highest BCUT2D eigenvalue weighted by Gasteiger charge is 2.36. The summed E-state index contributed by atoms with van der Waals surface area (Å²) < 4.78 is 47.7. The molecular formula is C11H9F3N2O4. The summed E-state index contributed by atoms with van der Waals surface area (Å²) in [6.07, 6.45) is -4.07. The first kappa shape index (κ1) is 14.4. The lowest BCUT2D eigenvalue weighted by Gasteiger charge is -2.12. The molecule has 0 spiro atoms. The second-order valence-electron chi connectivity index (χ2n) is 3.88. The molecular weight excluding hydrogens is 281 g/mol. The van der Waals surface area contributed by atoms with E-state index in [2.05, 4.69) is 4.98 Å². The number of imide groups is 1. The number of ether oxygens (including phenoxy) is 2. The SMILES string of the molecule is O=C(NC(=O)C1COCO1)c1cnccc1C(F)(F)F. The van der Waals surface area contributed by atoms with Gasteiger partial charge in [-0.3, -0.25) is 19.9 Å². The van der Waals surface area contributed by atoms with Gasteiger partial charge in [-0.15, -0.1) is 0 Å². The molecule has 2 rings (SSSR count). The van der Waals surface area contributed by atoms with Gasteiger partial charge in [-0.25, -0.2) is 0 Å². The van der Waals surface area contributed by atoms with E-state index in [1.54, 1.807) is 0 Å². The van der Waals surface area contributed by atoms with Gasteiger partial charge in [-0.05, 0) is 6.07 Å². The predicted octanol–water partition coefficient (Wildman–Crippen LogP) is 0.730. The van der Waals surface area contributed by atoms with Crippen molar-refractivity contribution in [2.75, 3.05) is 13.4 Å². The number of carbonyl (C=O) groups excluding carboxylic acids is 2. The van der Waals surface area contributed by atoms with E-state index in [0.717, 1.165) is 12.4 Å². The minimum atomic E-state index is -4.72. The zero-order chi connectivity index (χ0) is 14.8. The number of carbonyl (C=O) groups is 2. The third-order valence-electron chi connectivity index (χ3n) is 2.52. The summed E-state index contributed by atoms with van der Waals surface area (Å²) in [5, 5.41) is 1.83. The van der Waals surface area contributed by atoms with Crippen molar-refractivity contribution in [3.05, 3.63) is 29.6 Å². The zero-order valence-electron chi connectivity index (χ0n) is 9.94. The minimum Gasteiger partial charge on any atom is -0.352 e. The maximum absolute atomic E-state index is 12.7. The lowest BCUT2D eigenvalue weighted by Crippen LogP contribution is -2.40. The van der Waals surface area contributed by atoms with E-state index in [1.807, 2.05) is 5.32 Å². The second-order valence-corrected chi connectivity index (χ2v) is 3.88. The Bertz CT molecular complexity index is 527.